The highest BCUT2D eigenvalue weighted by Crippen LogP contribution is 1.86. The number of carbonyl (C=O) groups is 2. The molecule has 0 aromatic rings. The topological polar surface area (TPSA) is 92.3 Å². The molecule has 0 saturated heterocycles. The van der Waals surface area contributed by atoms with Gasteiger partial charge in [0.25, 0.3) is 0 Å². The van der Waals surface area contributed by atoms with Crippen LogP contribution in [-0.2, 0) is 28.5 Å². The van der Waals surface area contributed by atoms with Gasteiger partial charge in [0.15, 0.2) is 0 Å². The van der Waals surface area contributed by atoms with Crippen molar-refractivity contribution < 1.29 is 33.3 Å². The summed E-state index contributed by atoms with van der Waals surface area (Å²) in [5.41, 5.74) is 0. The average molecular weight is 307 g/mol. The molecule has 0 bridgehead atoms. The quantitative estimate of drug-likeness (QED) is 0.387. The average Bonchev–Trinajstić information content (AvgIpc) is 2.46. The van der Waals surface area contributed by atoms with E-state index in [-0.39, 0.29) is 25.5 Å². The van der Waals surface area contributed by atoms with Gasteiger partial charge in [-0.1, -0.05) is 0 Å². The van der Waals surface area contributed by atoms with Gasteiger partial charge in [-0.25, -0.2) is 4.79 Å². The first-order valence-electron chi connectivity index (χ1n) is 6.91. The molecule has 0 heterocycles. The van der Waals surface area contributed by atoms with Gasteiger partial charge in [-0.3, -0.25) is 4.79 Å². The molecular weight excluding hydrogens is 282 g/mol. The van der Waals surface area contributed by atoms with Crippen molar-refractivity contribution in [2.24, 2.45) is 0 Å². The molecule has 1 N–H and O–H groups in total. The summed E-state index contributed by atoms with van der Waals surface area (Å²) >= 11 is 0. The summed E-state index contributed by atoms with van der Waals surface area (Å²) in [5.74, 6) is -0.352. The smallest absolute Gasteiger partial charge is 0.407 e. The number of methoxy groups -OCH3 is 1. The van der Waals surface area contributed by atoms with E-state index in [1.165, 1.54) is 0 Å². The molecule has 0 spiro atoms. The Labute approximate surface area is 125 Å². The van der Waals surface area contributed by atoms with Crippen LogP contribution in [0.3, 0.4) is 0 Å². The first kappa shape index (κ1) is 19.6. The van der Waals surface area contributed by atoms with Crippen molar-refractivity contribution in [3.05, 3.63) is 0 Å². The lowest BCUT2D eigenvalue weighted by molar-refractivity contribution is -0.142. The summed E-state index contributed by atoms with van der Waals surface area (Å²) < 4.78 is 24.7. The summed E-state index contributed by atoms with van der Waals surface area (Å²) in [7, 11) is 1.61. The number of hydrogen-bond donors (Lipinski definition) is 1. The third-order valence-corrected chi connectivity index (χ3v) is 2.17. The second-order valence-electron chi connectivity index (χ2n) is 3.84. The highest BCUT2D eigenvalue weighted by molar-refractivity contribution is 5.71. The van der Waals surface area contributed by atoms with E-state index in [1.807, 2.05) is 0 Å². The van der Waals surface area contributed by atoms with Crippen LogP contribution in [0.15, 0.2) is 0 Å². The first-order valence-corrected chi connectivity index (χ1v) is 6.91. The molecule has 0 radical (unpaired) electrons. The van der Waals surface area contributed by atoms with E-state index < -0.39 is 6.09 Å². The predicted octanol–water partition coefficient (Wildman–Crippen LogP) is 0.345. The minimum atomic E-state index is -0.584. The number of amides is 1. The fraction of sp³-hybridized carbons (Fsp3) is 0.846. The molecule has 8 nitrogen and oxygen atoms in total. The molecular formula is C13H25NO7. The van der Waals surface area contributed by atoms with Crippen molar-refractivity contribution in [3.63, 3.8) is 0 Å². The number of esters is 1. The molecule has 1 amide bonds. The summed E-state index contributed by atoms with van der Waals surface area (Å²) in [6, 6.07) is 0. The van der Waals surface area contributed by atoms with E-state index in [0.717, 1.165) is 0 Å². The lowest BCUT2D eigenvalue weighted by Gasteiger charge is -2.08. The molecule has 0 aromatic carbocycles. The zero-order valence-electron chi connectivity index (χ0n) is 12.7. The second-order valence-corrected chi connectivity index (χ2v) is 3.84. The van der Waals surface area contributed by atoms with Crippen LogP contribution in [0.2, 0.25) is 0 Å². The number of hydrogen-bond acceptors (Lipinski definition) is 7. The zero-order chi connectivity index (χ0) is 15.8. The fourth-order valence-corrected chi connectivity index (χ4v) is 1.21. The van der Waals surface area contributed by atoms with Crippen molar-refractivity contribution in [3.8, 4) is 0 Å². The molecule has 0 aliphatic rings. The van der Waals surface area contributed by atoms with Gasteiger partial charge in [-0.15, -0.1) is 0 Å². The summed E-state index contributed by atoms with van der Waals surface area (Å²) in [6.45, 7) is 4.65. The largest absolute Gasteiger partial charge is 0.466 e. The van der Waals surface area contributed by atoms with Gasteiger partial charge in [0, 0.05) is 13.7 Å². The molecule has 21 heavy (non-hydrogen) atoms. The Balaban J connectivity index is 3.24. The van der Waals surface area contributed by atoms with Crippen molar-refractivity contribution in [1.29, 1.82) is 0 Å². The van der Waals surface area contributed by atoms with Gasteiger partial charge in [0.05, 0.1) is 46.1 Å². The molecule has 8 heteroatoms. The third-order valence-electron chi connectivity index (χ3n) is 2.17. The van der Waals surface area contributed by atoms with Crippen LogP contribution in [0.25, 0.3) is 0 Å². The Kier molecular flexibility index (Phi) is 14.0. The fourth-order valence-electron chi connectivity index (χ4n) is 1.21. The standard InChI is InChI=1S/C13H25NO7/c1-3-20-12(15)4-5-14-13(16)21-11-10-19-9-8-18-7-6-17-2/h3-11H2,1-2H3,(H,14,16). The van der Waals surface area contributed by atoms with Gasteiger partial charge >= 0.3 is 12.1 Å². The number of alkyl carbamates (subject to hydrolysis) is 1. The molecule has 0 rings (SSSR count). The molecule has 124 valence electrons. The SMILES string of the molecule is CCOC(=O)CCNC(=O)OCCOCCOCCOC. The molecule has 0 aliphatic heterocycles. The van der Waals surface area contributed by atoms with Gasteiger partial charge in [0.1, 0.15) is 6.61 Å². The van der Waals surface area contributed by atoms with Gasteiger partial charge in [-0.2, -0.15) is 0 Å². The summed E-state index contributed by atoms with van der Waals surface area (Å²) in [6.07, 6.45) is -0.461. The van der Waals surface area contributed by atoms with E-state index in [1.54, 1.807) is 14.0 Å². The number of rotatable bonds is 13. The van der Waals surface area contributed by atoms with Crippen LogP contribution in [0.5, 0.6) is 0 Å². The van der Waals surface area contributed by atoms with Crippen molar-refractivity contribution in [2.75, 3.05) is 59.9 Å². The molecule has 0 aromatic heterocycles. The van der Waals surface area contributed by atoms with Crippen LogP contribution < -0.4 is 5.32 Å². The van der Waals surface area contributed by atoms with Gasteiger partial charge < -0.3 is 29.0 Å². The maximum atomic E-state index is 11.2. The number of ether oxygens (including phenoxy) is 5. The molecule has 0 fully saturated rings. The Morgan fingerprint density at radius 1 is 0.905 bits per heavy atom. The Morgan fingerprint density at radius 3 is 2.14 bits per heavy atom. The summed E-state index contributed by atoms with van der Waals surface area (Å²) in [5, 5.41) is 2.44. The van der Waals surface area contributed by atoms with Crippen molar-refractivity contribution in [2.45, 2.75) is 13.3 Å². The number of carbonyl (C=O) groups excluding carboxylic acids is 2. The highest BCUT2D eigenvalue weighted by Gasteiger charge is 2.04. The molecule has 0 saturated carbocycles. The Morgan fingerprint density at radius 2 is 1.52 bits per heavy atom. The van der Waals surface area contributed by atoms with Gasteiger partial charge in [0.2, 0.25) is 0 Å². The van der Waals surface area contributed by atoms with Crippen molar-refractivity contribution >= 4 is 12.1 Å². The first-order chi connectivity index (χ1) is 10.2. The predicted molar refractivity (Wildman–Crippen MR) is 74.1 cm³/mol. The second kappa shape index (κ2) is 15.0. The monoisotopic (exact) mass is 307 g/mol. The number of nitrogens with one attached hydrogen (secondary N) is 1. The maximum absolute atomic E-state index is 11.2. The zero-order valence-corrected chi connectivity index (χ0v) is 12.7. The van der Waals surface area contributed by atoms with Crippen LogP contribution >= 0.6 is 0 Å². The Bertz CT molecular complexity index is 273. The van der Waals surface area contributed by atoms with Gasteiger partial charge in [-0.05, 0) is 6.92 Å². The third kappa shape index (κ3) is 14.8. The molecule has 0 aliphatic carbocycles. The van der Waals surface area contributed by atoms with E-state index >= 15 is 0 Å². The summed E-state index contributed by atoms with van der Waals surface area (Å²) in [4.78, 5) is 22.2. The van der Waals surface area contributed by atoms with Crippen LogP contribution in [0.4, 0.5) is 4.79 Å². The van der Waals surface area contributed by atoms with Crippen LogP contribution in [0.1, 0.15) is 13.3 Å². The van der Waals surface area contributed by atoms with E-state index in [4.69, 9.17) is 23.7 Å². The molecule has 0 unspecified atom stereocenters. The molecule has 0 atom stereocenters. The van der Waals surface area contributed by atoms with Crippen molar-refractivity contribution in [1.82, 2.24) is 5.32 Å². The van der Waals surface area contributed by atoms with E-state index in [0.29, 0.717) is 39.6 Å². The minimum absolute atomic E-state index is 0.123. The highest BCUT2D eigenvalue weighted by atomic mass is 16.6. The maximum Gasteiger partial charge on any atom is 0.407 e. The van der Waals surface area contributed by atoms with Crippen LogP contribution in [0, 0.1) is 0 Å². The van der Waals surface area contributed by atoms with Crippen LogP contribution in [-0.4, -0.2) is 72.0 Å². The lowest BCUT2D eigenvalue weighted by atomic mass is 10.4. The van der Waals surface area contributed by atoms with E-state index in [9.17, 15) is 9.59 Å². The normalized spacial score (nSPS) is 10.2. The lowest BCUT2D eigenvalue weighted by Crippen LogP contribution is -2.28. The van der Waals surface area contributed by atoms with E-state index in [2.05, 4.69) is 5.32 Å². The minimum Gasteiger partial charge on any atom is -0.466 e. The Hall–Kier alpha value is -1.38.